The minimum absolute atomic E-state index is 0.0199. The first-order valence-electron chi connectivity index (χ1n) is 12.5. The lowest BCUT2D eigenvalue weighted by Gasteiger charge is -2.36. The molecule has 2 nitrogen and oxygen atoms in total. The Morgan fingerprint density at radius 2 is 1.11 bits per heavy atom. The van der Waals surface area contributed by atoms with E-state index in [4.69, 9.17) is 4.74 Å². The van der Waals surface area contributed by atoms with Crippen LogP contribution in [0.25, 0.3) is 5.76 Å². The van der Waals surface area contributed by atoms with Gasteiger partial charge in [0.1, 0.15) is 13.8 Å². The van der Waals surface area contributed by atoms with Gasteiger partial charge in [0.05, 0.1) is 5.41 Å². The van der Waals surface area contributed by atoms with E-state index in [1.165, 1.54) is 15.9 Å². The molecule has 0 saturated carbocycles. The Morgan fingerprint density at radius 1 is 0.694 bits per heavy atom. The maximum Gasteiger partial charge on any atom is 0.316 e. The van der Waals surface area contributed by atoms with Crippen LogP contribution in [0.15, 0.2) is 127 Å². The summed E-state index contributed by atoms with van der Waals surface area (Å²) in [4.78, 5) is 13.1. The van der Waals surface area contributed by atoms with Gasteiger partial charge < -0.3 is 4.74 Å². The molecule has 182 valence electrons. The first kappa shape index (κ1) is 25.4. The number of hydrogen-bond donors (Lipinski definition) is 0. The van der Waals surface area contributed by atoms with Gasteiger partial charge in [-0.1, -0.05) is 138 Å². The maximum absolute atomic E-state index is 13.1. The molecule has 36 heavy (non-hydrogen) atoms. The van der Waals surface area contributed by atoms with E-state index < -0.39 is 13.5 Å². The van der Waals surface area contributed by atoms with Gasteiger partial charge in [-0.15, -0.1) is 0 Å². The molecule has 0 radical (unpaired) electrons. The summed E-state index contributed by atoms with van der Waals surface area (Å²) in [6.45, 7) is 8.08. The lowest BCUT2D eigenvalue weighted by Crippen LogP contribution is -2.60. The molecule has 0 heterocycles. The number of carbonyl (C=O) groups excluding carboxylic acids is 1. The standard InChI is InChI=1S/C33H34O2Si/c1-33(2,3)32(34)35-30(26-17-9-5-10-18-26)25-31(27-19-11-6-12-20-27)36(4,28-21-13-7-14-22-28)29-23-15-8-16-24-29/h5-25,31H,1-4H3/b30-25-. The minimum Gasteiger partial charge on any atom is -0.426 e. The Labute approximate surface area is 216 Å². The molecule has 0 aliphatic rings. The van der Waals surface area contributed by atoms with Crippen molar-refractivity contribution in [1.29, 1.82) is 0 Å². The fourth-order valence-corrected chi connectivity index (χ4v) is 8.71. The van der Waals surface area contributed by atoms with Crippen LogP contribution in [0.3, 0.4) is 0 Å². The quantitative estimate of drug-likeness (QED) is 0.161. The van der Waals surface area contributed by atoms with Gasteiger partial charge in [-0.3, -0.25) is 4.79 Å². The number of carbonyl (C=O) groups is 1. The second-order valence-electron chi connectivity index (χ2n) is 10.4. The fraction of sp³-hybridized carbons (Fsp3) is 0.182. The van der Waals surface area contributed by atoms with Gasteiger partial charge >= 0.3 is 5.97 Å². The molecule has 1 unspecified atom stereocenters. The van der Waals surface area contributed by atoms with Crippen LogP contribution < -0.4 is 10.4 Å². The predicted octanol–water partition coefficient (Wildman–Crippen LogP) is 6.83. The largest absolute Gasteiger partial charge is 0.426 e. The van der Waals surface area contributed by atoms with Crippen molar-refractivity contribution in [3.8, 4) is 0 Å². The van der Waals surface area contributed by atoms with Gasteiger partial charge in [0.15, 0.2) is 0 Å². The third-order valence-corrected chi connectivity index (χ3v) is 11.5. The highest BCUT2D eigenvalue weighted by Gasteiger charge is 2.41. The molecule has 0 saturated heterocycles. The van der Waals surface area contributed by atoms with E-state index in [1.54, 1.807) is 0 Å². The topological polar surface area (TPSA) is 26.3 Å². The van der Waals surface area contributed by atoms with Crippen molar-refractivity contribution < 1.29 is 9.53 Å². The van der Waals surface area contributed by atoms with Gasteiger partial charge in [0.2, 0.25) is 0 Å². The Kier molecular flexibility index (Phi) is 7.71. The summed E-state index contributed by atoms with van der Waals surface area (Å²) >= 11 is 0. The zero-order chi connectivity index (χ0) is 25.6. The summed E-state index contributed by atoms with van der Waals surface area (Å²) in [5.74, 6) is 0.363. The normalized spacial score (nSPS) is 13.2. The smallest absolute Gasteiger partial charge is 0.316 e. The molecule has 0 aromatic heterocycles. The van der Waals surface area contributed by atoms with Gasteiger partial charge in [-0.05, 0) is 32.4 Å². The monoisotopic (exact) mass is 490 g/mol. The minimum atomic E-state index is -2.43. The number of hydrogen-bond acceptors (Lipinski definition) is 2. The zero-order valence-corrected chi connectivity index (χ0v) is 22.5. The van der Waals surface area contributed by atoms with Crippen LogP contribution >= 0.6 is 0 Å². The molecular formula is C33H34O2Si. The summed E-state index contributed by atoms with van der Waals surface area (Å²) < 4.78 is 6.16. The molecule has 0 N–H and O–H groups in total. The molecule has 4 aromatic rings. The molecule has 0 aliphatic heterocycles. The number of rotatable bonds is 7. The number of benzene rings is 4. The summed E-state index contributed by atoms with van der Waals surface area (Å²) in [5.41, 5.74) is 1.51. The van der Waals surface area contributed by atoms with Crippen molar-refractivity contribution in [2.24, 2.45) is 5.41 Å². The van der Waals surface area contributed by atoms with Crippen LogP contribution in [-0.4, -0.2) is 14.0 Å². The van der Waals surface area contributed by atoms with Crippen molar-refractivity contribution in [1.82, 2.24) is 0 Å². The SMILES string of the molecule is CC(C)(C)C(=O)O/C(=C\C(c1ccccc1)[Si](C)(c1ccccc1)c1ccccc1)c1ccccc1. The Balaban J connectivity index is 1.99. The summed E-state index contributed by atoms with van der Waals surface area (Å²) in [6.07, 6.45) is 2.19. The maximum atomic E-state index is 13.1. The van der Waals surface area contributed by atoms with Crippen LogP contribution in [0, 0.1) is 5.41 Å². The van der Waals surface area contributed by atoms with E-state index in [0.717, 1.165) is 5.56 Å². The Bertz CT molecular complexity index is 1250. The predicted molar refractivity (Wildman–Crippen MR) is 153 cm³/mol. The summed E-state index contributed by atoms with van der Waals surface area (Å²) in [6, 6.07) is 42.1. The van der Waals surface area contributed by atoms with Gasteiger partial charge in [-0.25, -0.2) is 0 Å². The fourth-order valence-electron chi connectivity index (χ4n) is 4.55. The average molecular weight is 491 g/mol. The summed E-state index contributed by atoms with van der Waals surface area (Å²) in [7, 11) is -2.43. The molecule has 3 heteroatoms. The zero-order valence-electron chi connectivity index (χ0n) is 21.5. The van der Waals surface area contributed by atoms with Crippen LogP contribution in [0.5, 0.6) is 0 Å². The van der Waals surface area contributed by atoms with E-state index in [0.29, 0.717) is 5.76 Å². The number of ether oxygens (including phenoxy) is 1. The second-order valence-corrected chi connectivity index (χ2v) is 14.5. The lowest BCUT2D eigenvalue weighted by atomic mass is 9.97. The van der Waals surface area contributed by atoms with Crippen molar-refractivity contribution in [3.63, 3.8) is 0 Å². The molecular weight excluding hydrogens is 456 g/mol. The van der Waals surface area contributed by atoms with E-state index in [2.05, 4.69) is 97.6 Å². The van der Waals surface area contributed by atoms with Crippen LogP contribution in [0.2, 0.25) is 6.55 Å². The molecule has 4 rings (SSSR count). The highest BCUT2D eigenvalue weighted by molar-refractivity contribution is 7.02. The van der Waals surface area contributed by atoms with E-state index in [-0.39, 0.29) is 11.5 Å². The van der Waals surface area contributed by atoms with Crippen molar-refractivity contribution in [2.45, 2.75) is 32.9 Å². The molecule has 0 bridgehead atoms. The van der Waals surface area contributed by atoms with Crippen molar-refractivity contribution in [2.75, 3.05) is 0 Å². The first-order valence-corrected chi connectivity index (χ1v) is 15.0. The third-order valence-electron chi connectivity index (χ3n) is 6.72. The number of allylic oxidation sites excluding steroid dienone is 1. The highest BCUT2D eigenvalue weighted by atomic mass is 28.3. The van der Waals surface area contributed by atoms with E-state index in [1.807, 2.05) is 57.2 Å². The second kappa shape index (κ2) is 10.9. The molecule has 0 amide bonds. The van der Waals surface area contributed by atoms with Crippen molar-refractivity contribution in [3.05, 3.63) is 139 Å². The number of esters is 1. The van der Waals surface area contributed by atoms with E-state index >= 15 is 0 Å². The molecule has 4 aromatic carbocycles. The van der Waals surface area contributed by atoms with Gasteiger partial charge in [-0.2, -0.15) is 0 Å². The lowest BCUT2D eigenvalue weighted by molar-refractivity contribution is -0.145. The molecule has 0 spiro atoms. The van der Waals surface area contributed by atoms with Crippen LogP contribution in [0.1, 0.15) is 37.4 Å². The molecule has 0 aliphatic carbocycles. The molecule has 1 atom stereocenters. The highest BCUT2D eigenvalue weighted by Crippen LogP contribution is 2.33. The van der Waals surface area contributed by atoms with Crippen molar-refractivity contribution >= 4 is 30.2 Å². The Hall–Kier alpha value is -3.69. The van der Waals surface area contributed by atoms with Gasteiger partial charge in [0, 0.05) is 11.1 Å². The average Bonchev–Trinajstić information content (AvgIpc) is 2.92. The third kappa shape index (κ3) is 5.58. The first-order chi connectivity index (χ1) is 17.3. The summed E-state index contributed by atoms with van der Waals surface area (Å²) in [5, 5.41) is 2.66. The van der Waals surface area contributed by atoms with Crippen LogP contribution in [0.4, 0.5) is 0 Å². The van der Waals surface area contributed by atoms with Crippen LogP contribution in [-0.2, 0) is 9.53 Å². The van der Waals surface area contributed by atoms with E-state index in [9.17, 15) is 4.79 Å². The Morgan fingerprint density at radius 3 is 1.56 bits per heavy atom. The van der Waals surface area contributed by atoms with Gasteiger partial charge in [0.25, 0.3) is 0 Å². The molecule has 0 fully saturated rings.